The number of aliphatic imine (C=N–C) groups is 1. The number of para-hydroxylation sites is 1. The molecule has 0 fully saturated rings. The fourth-order valence-corrected chi connectivity index (χ4v) is 2.42. The van der Waals surface area contributed by atoms with E-state index < -0.39 is 9.84 Å². The minimum atomic E-state index is -2.97. The van der Waals surface area contributed by atoms with Gasteiger partial charge in [-0.05, 0) is 6.07 Å². The first-order valence-electron chi connectivity index (χ1n) is 6.79. The Labute approximate surface area is 126 Å². The van der Waals surface area contributed by atoms with Gasteiger partial charge in [0.05, 0.1) is 12.9 Å². The summed E-state index contributed by atoms with van der Waals surface area (Å²) >= 11 is 0. The molecule has 2 N–H and O–H groups in total. The Hall–Kier alpha value is -1.76. The lowest BCUT2D eigenvalue weighted by molar-refractivity contribution is 0.409. The molecule has 21 heavy (non-hydrogen) atoms. The minimum absolute atomic E-state index is 0.0961. The van der Waals surface area contributed by atoms with Gasteiger partial charge in [-0.1, -0.05) is 25.1 Å². The van der Waals surface area contributed by atoms with E-state index in [0.29, 0.717) is 19.0 Å². The van der Waals surface area contributed by atoms with Crippen LogP contribution in [0.4, 0.5) is 0 Å². The number of nitrogens with one attached hydrogen (secondary N) is 2. The molecule has 0 aliphatic rings. The van der Waals surface area contributed by atoms with Gasteiger partial charge in [0.1, 0.15) is 5.75 Å². The zero-order valence-electron chi connectivity index (χ0n) is 12.7. The van der Waals surface area contributed by atoms with Crippen molar-refractivity contribution < 1.29 is 13.2 Å². The zero-order valence-corrected chi connectivity index (χ0v) is 13.5. The lowest BCUT2D eigenvalue weighted by Gasteiger charge is -2.13. The molecule has 0 saturated heterocycles. The number of ether oxygens (including phenoxy) is 1. The average molecular weight is 313 g/mol. The Balaban J connectivity index is 2.49. The largest absolute Gasteiger partial charge is 0.496 e. The van der Waals surface area contributed by atoms with Crippen LogP contribution in [0, 0.1) is 0 Å². The highest BCUT2D eigenvalue weighted by molar-refractivity contribution is 7.91. The molecular formula is C14H23N3O3S. The van der Waals surface area contributed by atoms with Gasteiger partial charge < -0.3 is 15.4 Å². The van der Waals surface area contributed by atoms with Crippen molar-refractivity contribution in [3.8, 4) is 5.75 Å². The summed E-state index contributed by atoms with van der Waals surface area (Å²) in [6.07, 6.45) is 0. The molecular weight excluding hydrogens is 290 g/mol. The summed E-state index contributed by atoms with van der Waals surface area (Å²) in [5, 5.41) is 6.12. The number of methoxy groups -OCH3 is 1. The van der Waals surface area contributed by atoms with Gasteiger partial charge in [-0.3, -0.25) is 4.99 Å². The van der Waals surface area contributed by atoms with Crippen LogP contribution in [-0.4, -0.2) is 46.6 Å². The second kappa shape index (κ2) is 8.51. The third-order valence-corrected chi connectivity index (χ3v) is 4.71. The first-order chi connectivity index (χ1) is 10.0. The predicted octanol–water partition coefficient (Wildman–Crippen LogP) is 0.795. The summed E-state index contributed by atoms with van der Waals surface area (Å²) in [4.78, 5) is 4.06. The standard InChI is InChI=1S/C14H23N3O3S/c1-4-21(18,19)10-9-16-14(15-2)17-11-12-7-5-6-8-13(12)20-3/h5-8H,4,9-11H2,1-3H3,(H2,15,16,17). The summed E-state index contributed by atoms with van der Waals surface area (Å²) in [5.41, 5.74) is 1.00. The summed E-state index contributed by atoms with van der Waals surface area (Å²) in [5.74, 6) is 1.61. The van der Waals surface area contributed by atoms with E-state index in [4.69, 9.17) is 4.74 Å². The number of benzene rings is 1. The molecule has 0 aromatic heterocycles. The Morgan fingerprint density at radius 3 is 2.62 bits per heavy atom. The van der Waals surface area contributed by atoms with Gasteiger partial charge in [0, 0.05) is 31.5 Å². The monoisotopic (exact) mass is 313 g/mol. The number of hydrogen-bond donors (Lipinski definition) is 2. The second-order valence-electron chi connectivity index (χ2n) is 4.40. The maximum Gasteiger partial charge on any atom is 0.191 e. The molecule has 7 heteroatoms. The van der Waals surface area contributed by atoms with Gasteiger partial charge in [0.2, 0.25) is 0 Å². The third-order valence-electron chi connectivity index (χ3n) is 3.01. The van der Waals surface area contributed by atoms with Gasteiger partial charge in [0.15, 0.2) is 15.8 Å². The smallest absolute Gasteiger partial charge is 0.191 e. The highest BCUT2D eigenvalue weighted by Crippen LogP contribution is 2.16. The van der Waals surface area contributed by atoms with Crippen LogP contribution in [0.1, 0.15) is 12.5 Å². The van der Waals surface area contributed by atoms with Crippen LogP contribution in [0.5, 0.6) is 5.75 Å². The van der Waals surface area contributed by atoms with Crippen molar-refractivity contribution in [3.05, 3.63) is 29.8 Å². The number of sulfone groups is 1. The summed E-state index contributed by atoms with van der Waals surface area (Å²) in [7, 11) is 0.305. The Bertz CT molecular complexity index is 571. The van der Waals surface area contributed by atoms with Crippen LogP contribution < -0.4 is 15.4 Å². The molecule has 6 nitrogen and oxygen atoms in total. The first-order valence-corrected chi connectivity index (χ1v) is 8.61. The highest BCUT2D eigenvalue weighted by atomic mass is 32.2. The van der Waals surface area contributed by atoms with Crippen LogP contribution >= 0.6 is 0 Å². The predicted molar refractivity (Wildman–Crippen MR) is 85.5 cm³/mol. The van der Waals surface area contributed by atoms with Crippen molar-refractivity contribution in [3.63, 3.8) is 0 Å². The van der Waals surface area contributed by atoms with Crippen LogP contribution in [-0.2, 0) is 16.4 Å². The van der Waals surface area contributed by atoms with E-state index in [1.54, 1.807) is 21.1 Å². The lowest BCUT2D eigenvalue weighted by atomic mass is 10.2. The van der Waals surface area contributed by atoms with Crippen molar-refractivity contribution in [2.45, 2.75) is 13.5 Å². The van der Waals surface area contributed by atoms with Crippen molar-refractivity contribution in [2.24, 2.45) is 4.99 Å². The minimum Gasteiger partial charge on any atom is -0.496 e. The van der Waals surface area contributed by atoms with Gasteiger partial charge in [-0.15, -0.1) is 0 Å². The van der Waals surface area contributed by atoms with E-state index in [1.807, 2.05) is 24.3 Å². The molecule has 1 aromatic carbocycles. The highest BCUT2D eigenvalue weighted by Gasteiger charge is 2.08. The lowest BCUT2D eigenvalue weighted by Crippen LogP contribution is -2.39. The van der Waals surface area contributed by atoms with E-state index >= 15 is 0 Å². The Morgan fingerprint density at radius 2 is 2.00 bits per heavy atom. The van der Waals surface area contributed by atoms with Gasteiger partial charge in [-0.2, -0.15) is 0 Å². The summed E-state index contributed by atoms with van der Waals surface area (Å²) < 4.78 is 28.1. The number of guanidine groups is 1. The molecule has 1 rings (SSSR count). The molecule has 1 aromatic rings. The van der Waals surface area contributed by atoms with Crippen molar-refractivity contribution in [1.82, 2.24) is 10.6 Å². The molecule has 0 atom stereocenters. The molecule has 0 amide bonds. The van der Waals surface area contributed by atoms with Crippen LogP contribution in [0.25, 0.3) is 0 Å². The number of nitrogens with zero attached hydrogens (tertiary/aromatic N) is 1. The third kappa shape index (κ3) is 6.03. The maximum atomic E-state index is 11.4. The van der Waals surface area contributed by atoms with E-state index in [9.17, 15) is 8.42 Å². The van der Waals surface area contributed by atoms with E-state index in [1.165, 1.54) is 0 Å². The molecule has 0 bridgehead atoms. The summed E-state index contributed by atoms with van der Waals surface area (Å²) in [6.45, 7) is 2.52. The normalized spacial score (nSPS) is 12.0. The molecule has 0 heterocycles. The molecule has 0 spiro atoms. The van der Waals surface area contributed by atoms with Crippen LogP contribution in [0.15, 0.2) is 29.3 Å². The SMILES string of the molecule is CCS(=O)(=O)CCNC(=NC)NCc1ccccc1OC. The molecule has 0 unspecified atom stereocenters. The fraction of sp³-hybridized carbons (Fsp3) is 0.500. The van der Waals surface area contributed by atoms with E-state index in [0.717, 1.165) is 11.3 Å². The van der Waals surface area contributed by atoms with Crippen molar-refractivity contribution in [1.29, 1.82) is 0 Å². The van der Waals surface area contributed by atoms with Crippen molar-refractivity contribution in [2.75, 3.05) is 32.2 Å². The van der Waals surface area contributed by atoms with Gasteiger partial charge in [-0.25, -0.2) is 8.42 Å². The van der Waals surface area contributed by atoms with E-state index in [-0.39, 0.29) is 11.5 Å². The average Bonchev–Trinajstić information content (AvgIpc) is 2.50. The Kier molecular flexibility index (Phi) is 7.01. The molecule has 118 valence electrons. The number of rotatable bonds is 7. The molecule has 0 saturated carbocycles. The fourth-order valence-electron chi connectivity index (χ4n) is 1.72. The van der Waals surface area contributed by atoms with Gasteiger partial charge in [0.25, 0.3) is 0 Å². The maximum absolute atomic E-state index is 11.4. The quantitative estimate of drug-likeness (QED) is 0.575. The molecule has 0 aliphatic heterocycles. The summed E-state index contributed by atoms with van der Waals surface area (Å²) in [6, 6.07) is 7.69. The van der Waals surface area contributed by atoms with Gasteiger partial charge >= 0.3 is 0 Å². The molecule has 0 aliphatic carbocycles. The molecule has 0 radical (unpaired) electrons. The second-order valence-corrected chi connectivity index (χ2v) is 6.87. The topological polar surface area (TPSA) is 79.8 Å². The first kappa shape index (κ1) is 17.3. The Morgan fingerprint density at radius 1 is 1.29 bits per heavy atom. The van der Waals surface area contributed by atoms with Crippen LogP contribution in [0.3, 0.4) is 0 Å². The number of hydrogen-bond acceptors (Lipinski definition) is 4. The van der Waals surface area contributed by atoms with E-state index in [2.05, 4.69) is 15.6 Å². The van der Waals surface area contributed by atoms with Crippen molar-refractivity contribution >= 4 is 15.8 Å². The van der Waals surface area contributed by atoms with Crippen LogP contribution in [0.2, 0.25) is 0 Å². The zero-order chi connectivity index (χ0) is 15.7.